The molecule has 1 unspecified atom stereocenters. The maximum atomic E-state index is 11.4. The maximum absolute atomic E-state index is 11.4. The van der Waals surface area contributed by atoms with Crippen molar-refractivity contribution in [3.63, 3.8) is 0 Å². The summed E-state index contributed by atoms with van der Waals surface area (Å²) in [6.07, 6.45) is 6.86. The van der Waals surface area contributed by atoms with E-state index in [9.17, 15) is 4.21 Å². The highest BCUT2D eigenvalue weighted by atomic mass is 32.2. The van der Waals surface area contributed by atoms with Crippen molar-refractivity contribution < 1.29 is 4.21 Å². The third kappa shape index (κ3) is 3.27. The third-order valence-corrected chi connectivity index (χ3v) is 3.44. The highest BCUT2D eigenvalue weighted by Crippen LogP contribution is 2.23. The van der Waals surface area contributed by atoms with Gasteiger partial charge in [-0.05, 0) is 25.8 Å². The van der Waals surface area contributed by atoms with Crippen LogP contribution in [0.1, 0.15) is 26.2 Å². The Morgan fingerprint density at radius 3 is 2.62 bits per heavy atom. The van der Waals surface area contributed by atoms with Crippen LogP contribution in [0, 0.1) is 0 Å². The van der Waals surface area contributed by atoms with Gasteiger partial charge in [0.1, 0.15) is 0 Å². The molecule has 1 rings (SSSR count). The summed E-state index contributed by atoms with van der Waals surface area (Å²) < 4.78 is 15.7. The highest BCUT2D eigenvalue weighted by molar-refractivity contribution is 7.92. The molecule has 4 heteroatoms. The van der Waals surface area contributed by atoms with Crippen LogP contribution < -0.4 is 5.32 Å². The van der Waals surface area contributed by atoms with E-state index in [1.54, 1.807) is 12.5 Å². The highest BCUT2D eigenvalue weighted by Gasteiger charge is 2.31. The van der Waals surface area contributed by atoms with Crippen molar-refractivity contribution in [2.45, 2.75) is 31.7 Å². The Labute approximate surface area is 81.5 Å². The quantitative estimate of drug-likeness (QED) is 0.751. The molecule has 0 spiro atoms. The van der Waals surface area contributed by atoms with Gasteiger partial charge in [-0.25, -0.2) is 4.36 Å². The van der Waals surface area contributed by atoms with E-state index in [4.69, 9.17) is 0 Å². The normalized spacial score (nSPS) is 29.2. The van der Waals surface area contributed by atoms with Crippen molar-refractivity contribution in [2.24, 2.45) is 4.36 Å². The van der Waals surface area contributed by atoms with E-state index >= 15 is 0 Å². The van der Waals surface area contributed by atoms with Gasteiger partial charge in [-0.2, -0.15) is 0 Å². The van der Waals surface area contributed by atoms with Gasteiger partial charge in [0.05, 0.1) is 6.54 Å². The van der Waals surface area contributed by atoms with E-state index in [1.165, 1.54) is 12.8 Å². The molecule has 13 heavy (non-hydrogen) atoms. The Hall–Kier alpha value is -0.0900. The first kappa shape index (κ1) is 11.0. The molecule has 0 aromatic rings. The second-order valence-electron chi connectivity index (χ2n) is 4.13. The molecule has 0 aromatic carbocycles. The zero-order chi connectivity index (χ0) is 9.95. The lowest BCUT2D eigenvalue weighted by atomic mass is 9.95. The van der Waals surface area contributed by atoms with Crippen LogP contribution in [0.2, 0.25) is 0 Å². The second kappa shape index (κ2) is 3.96. The smallest absolute Gasteiger partial charge is 0.0666 e. The van der Waals surface area contributed by atoms with Crippen molar-refractivity contribution in [1.29, 1.82) is 0 Å². The van der Waals surface area contributed by atoms with Crippen molar-refractivity contribution in [3.05, 3.63) is 0 Å². The summed E-state index contributed by atoms with van der Waals surface area (Å²) in [7, 11) is -1.92. The lowest BCUT2D eigenvalue weighted by Crippen LogP contribution is -2.42. The zero-order valence-corrected chi connectivity index (χ0v) is 9.62. The number of hydrogen-bond donors (Lipinski definition) is 1. The molecule has 1 saturated heterocycles. The Kier molecular flexibility index (Phi) is 3.35. The summed E-state index contributed by atoms with van der Waals surface area (Å²) in [5.74, 6) is 0. The predicted molar refractivity (Wildman–Crippen MR) is 57.5 cm³/mol. The first-order chi connectivity index (χ1) is 5.97. The molecule has 0 bridgehead atoms. The SMILES string of the molecule is CCC1(CN=S(C)(C)=O)CCCN1. The van der Waals surface area contributed by atoms with E-state index in [0.717, 1.165) is 13.0 Å². The van der Waals surface area contributed by atoms with E-state index in [2.05, 4.69) is 16.6 Å². The zero-order valence-electron chi connectivity index (χ0n) is 8.80. The predicted octanol–water partition coefficient (Wildman–Crippen LogP) is 1.25. The molecule has 0 aromatic heterocycles. The Morgan fingerprint density at radius 2 is 2.23 bits per heavy atom. The van der Waals surface area contributed by atoms with Gasteiger partial charge in [0.15, 0.2) is 0 Å². The Bertz CT molecular complexity index is 265. The largest absolute Gasteiger partial charge is 0.309 e. The molecule has 1 aliphatic rings. The first-order valence-corrected chi connectivity index (χ1v) is 7.18. The van der Waals surface area contributed by atoms with Crippen LogP contribution in [0.3, 0.4) is 0 Å². The molecule has 0 aliphatic carbocycles. The van der Waals surface area contributed by atoms with E-state index in [-0.39, 0.29) is 5.54 Å². The second-order valence-corrected chi connectivity index (χ2v) is 6.75. The van der Waals surface area contributed by atoms with E-state index < -0.39 is 9.73 Å². The van der Waals surface area contributed by atoms with Crippen LogP contribution in [0.5, 0.6) is 0 Å². The topological polar surface area (TPSA) is 41.5 Å². The fourth-order valence-corrected chi connectivity index (χ4v) is 2.25. The number of hydrogen-bond acceptors (Lipinski definition) is 3. The molecule has 1 N–H and O–H groups in total. The van der Waals surface area contributed by atoms with Crippen molar-refractivity contribution in [3.8, 4) is 0 Å². The molecule has 78 valence electrons. The van der Waals surface area contributed by atoms with Crippen molar-refractivity contribution in [2.75, 3.05) is 25.6 Å². The van der Waals surface area contributed by atoms with Gasteiger partial charge in [0.25, 0.3) is 0 Å². The van der Waals surface area contributed by atoms with Crippen LogP contribution >= 0.6 is 0 Å². The minimum atomic E-state index is -1.92. The molecule has 0 radical (unpaired) electrons. The fourth-order valence-electron chi connectivity index (χ4n) is 1.70. The van der Waals surface area contributed by atoms with Crippen LogP contribution in [0.25, 0.3) is 0 Å². The van der Waals surface area contributed by atoms with Gasteiger partial charge < -0.3 is 5.32 Å². The van der Waals surface area contributed by atoms with E-state index in [1.807, 2.05) is 0 Å². The molecular weight excluding hydrogens is 184 g/mol. The van der Waals surface area contributed by atoms with Crippen molar-refractivity contribution in [1.82, 2.24) is 5.32 Å². The molecule has 1 aliphatic heterocycles. The first-order valence-electron chi connectivity index (χ1n) is 4.85. The average Bonchev–Trinajstić information content (AvgIpc) is 2.49. The van der Waals surface area contributed by atoms with Gasteiger partial charge in [-0.1, -0.05) is 6.92 Å². The summed E-state index contributed by atoms with van der Waals surface area (Å²) in [5, 5.41) is 3.47. The number of nitrogens with one attached hydrogen (secondary N) is 1. The number of rotatable bonds is 3. The Balaban J connectivity index is 2.65. The molecular formula is C9H20N2OS. The molecule has 3 nitrogen and oxygen atoms in total. The minimum absolute atomic E-state index is 0.147. The minimum Gasteiger partial charge on any atom is -0.309 e. The molecule has 1 fully saturated rings. The standard InChI is InChI=1S/C9H20N2OS/c1-4-9(6-5-7-10-9)8-11-13(2,3)12/h10H,4-8H2,1-3H3. The van der Waals surface area contributed by atoms with Gasteiger partial charge in [0.2, 0.25) is 0 Å². The molecule has 0 saturated carbocycles. The average molecular weight is 204 g/mol. The van der Waals surface area contributed by atoms with Gasteiger partial charge in [-0.15, -0.1) is 0 Å². The molecule has 0 amide bonds. The van der Waals surface area contributed by atoms with Crippen LogP contribution in [0.4, 0.5) is 0 Å². The van der Waals surface area contributed by atoms with Crippen LogP contribution in [-0.4, -0.2) is 35.3 Å². The maximum Gasteiger partial charge on any atom is 0.0666 e. The summed E-state index contributed by atoms with van der Waals surface area (Å²) in [5.41, 5.74) is 0.147. The van der Waals surface area contributed by atoms with Crippen molar-refractivity contribution >= 4 is 9.73 Å². The van der Waals surface area contributed by atoms with Crippen LogP contribution in [0.15, 0.2) is 4.36 Å². The molecule has 1 atom stereocenters. The van der Waals surface area contributed by atoms with Gasteiger partial charge >= 0.3 is 0 Å². The number of nitrogens with zero attached hydrogens (tertiary/aromatic N) is 1. The summed E-state index contributed by atoms with van der Waals surface area (Å²) >= 11 is 0. The lowest BCUT2D eigenvalue weighted by Gasteiger charge is -2.25. The van der Waals surface area contributed by atoms with Gasteiger partial charge in [-0.3, -0.25) is 4.21 Å². The molecule has 1 heterocycles. The summed E-state index contributed by atoms with van der Waals surface area (Å²) in [6.45, 7) is 3.95. The fraction of sp³-hybridized carbons (Fsp3) is 1.00. The summed E-state index contributed by atoms with van der Waals surface area (Å²) in [6, 6.07) is 0. The summed E-state index contributed by atoms with van der Waals surface area (Å²) in [4.78, 5) is 0. The van der Waals surface area contributed by atoms with E-state index in [0.29, 0.717) is 6.54 Å². The third-order valence-electron chi connectivity index (χ3n) is 2.69. The Morgan fingerprint density at radius 1 is 1.54 bits per heavy atom. The van der Waals surface area contributed by atoms with Gasteiger partial charge in [0, 0.05) is 27.8 Å². The van der Waals surface area contributed by atoms with Crippen LogP contribution in [-0.2, 0) is 9.73 Å². The lowest BCUT2D eigenvalue weighted by molar-refractivity contribution is 0.375. The monoisotopic (exact) mass is 204 g/mol.